The van der Waals surface area contributed by atoms with Gasteiger partial charge in [-0.25, -0.2) is 0 Å². The minimum absolute atomic E-state index is 0.00226. The van der Waals surface area contributed by atoms with Crippen LogP contribution in [0, 0.1) is 11.8 Å². The summed E-state index contributed by atoms with van der Waals surface area (Å²) in [4.78, 5) is 30.2. The van der Waals surface area contributed by atoms with Gasteiger partial charge in [0.25, 0.3) is 5.91 Å². The number of amides is 2. The van der Waals surface area contributed by atoms with E-state index in [4.69, 9.17) is 16.3 Å². The van der Waals surface area contributed by atoms with Crippen LogP contribution in [0.1, 0.15) is 36.7 Å². The van der Waals surface area contributed by atoms with Crippen molar-refractivity contribution >= 4 is 34.3 Å². The van der Waals surface area contributed by atoms with E-state index in [0.29, 0.717) is 42.9 Å². The number of nitrogens with one attached hydrogen (secondary N) is 2. The van der Waals surface area contributed by atoms with Crippen molar-refractivity contribution in [3.8, 4) is 0 Å². The van der Waals surface area contributed by atoms with Crippen molar-refractivity contribution in [3.63, 3.8) is 0 Å². The van der Waals surface area contributed by atoms with Crippen LogP contribution in [0.4, 0.5) is 0 Å². The maximum absolute atomic E-state index is 12.8. The molecule has 152 valence electrons. The van der Waals surface area contributed by atoms with Crippen LogP contribution in [0.5, 0.6) is 0 Å². The predicted molar refractivity (Wildman–Crippen MR) is 111 cm³/mol. The quantitative estimate of drug-likeness (QED) is 0.692. The largest absolute Gasteiger partial charge is 0.385 e. The second-order valence-electron chi connectivity index (χ2n) is 7.47. The van der Waals surface area contributed by atoms with E-state index in [9.17, 15) is 9.59 Å². The fraction of sp³-hybridized carbons (Fsp3) is 0.524. The SMILES string of the molecule is COCCCNC(=O)C(C)C1CCN(C(=O)c2cc3cc(Cl)ccc3[nH]2)CC1. The number of aromatic nitrogens is 1. The van der Waals surface area contributed by atoms with E-state index in [1.807, 2.05) is 36.1 Å². The highest BCUT2D eigenvalue weighted by atomic mass is 35.5. The van der Waals surface area contributed by atoms with Gasteiger partial charge >= 0.3 is 0 Å². The summed E-state index contributed by atoms with van der Waals surface area (Å²) < 4.78 is 5.00. The third-order valence-electron chi connectivity index (χ3n) is 5.59. The average molecular weight is 406 g/mol. The number of benzene rings is 1. The van der Waals surface area contributed by atoms with Crippen LogP contribution >= 0.6 is 11.6 Å². The zero-order valence-electron chi connectivity index (χ0n) is 16.5. The molecule has 7 heteroatoms. The molecule has 6 nitrogen and oxygen atoms in total. The summed E-state index contributed by atoms with van der Waals surface area (Å²) in [6.07, 6.45) is 2.49. The average Bonchev–Trinajstić information content (AvgIpc) is 3.13. The van der Waals surface area contributed by atoms with Crippen molar-refractivity contribution in [2.24, 2.45) is 11.8 Å². The Balaban J connectivity index is 1.52. The van der Waals surface area contributed by atoms with E-state index in [-0.39, 0.29) is 17.7 Å². The Labute approximate surface area is 170 Å². The summed E-state index contributed by atoms with van der Waals surface area (Å²) in [6, 6.07) is 7.39. The molecule has 1 unspecified atom stereocenters. The van der Waals surface area contributed by atoms with Crippen LogP contribution < -0.4 is 5.32 Å². The summed E-state index contributed by atoms with van der Waals surface area (Å²) in [6.45, 7) is 4.60. The molecule has 1 aliphatic rings. The van der Waals surface area contributed by atoms with E-state index in [2.05, 4.69) is 10.3 Å². The summed E-state index contributed by atoms with van der Waals surface area (Å²) in [5.74, 6) is 0.346. The molecule has 0 radical (unpaired) electrons. The van der Waals surface area contributed by atoms with E-state index < -0.39 is 0 Å². The molecule has 0 bridgehead atoms. The number of carbonyl (C=O) groups excluding carboxylic acids is 2. The summed E-state index contributed by atoms with van der Waals surface area (Å²) in [7, 11) is 1.66. The molecular weight excluding hydrogens is 378 g/mol. The smallest absolute Gasteiger partial charge is 0.270 e. The van der Waals surface area contributed by atoms with E-state index in [1.54, 1.807) is 7.11 Å². The van der Waals surface area contributed by atoms with Crippen LogP contribution in [0.2, 0.25) is 5.02 Å². The molecule has 2 N–H and O–H groups in total. The van der Waals surface area contributed by atoms with Gasteiger partial charge in [-0.15, -0.1) is 0 Å². The van der Waals surface area contributed by atoms with Gasteiger partial charge in [-0.2, -0.15) is 0 Å². The van der Waals surface area contributed by atoms with Crippen LogP contribution in [0.15, 0.2) is 24.3 Å². The lowest BCUT2D eigenvalue weighted by molar-refractivity contribution is -0.126. The molecule has 0 aliphatic carbocycles. The molecule has 1 fully saturated rings. The molecule has 1 aromatic carbocycles. The maximum atomic E-state index is 12.8. The van der Waals surface area contributed by atoms with Crippen molar-refractivity contribution in [2.75, 3.05) is 33.4 Å². The lowest BCUT2D eigenvalue weighted by atomic mass is 9.84. The fourth-order valence-electron chi connectivity index (χ4n) is 3.79. The standard InChI is InChI=1S/C21H28ClN3O3/c1-14(20(26)23-8-3-11-28-2)15-6-9-25(10-7-15)21(27)19-13-16-12-17(22)4-5-18(16)24-19/h4-5,12-15,24H,3,6-11H2,1-2H3,(H,23,26). The molecule has 0 spiro atoms. The summed E-state index contributed by atoms with van der Waals surface area (Å²) in [5.41, 5.74) is 1.49. The number of carbonyl (C=O) groups is 2. The number of methoxy groups -OCH3 is 1. The number of rotatable bonds is 7. The van der Waals surface area contributed by atoms with Crippen LogP contribution in [0.3, 0.4) is 0 Å². The minimum atomic E-state index is -0.0463. The fourth-order valence-corrected chi connectivity index (χ4v) is 3.98. The first-order valence-electron chi connectivity index (χ1n) is 9.84. The number of halogens is 1. The van der Waals surface area contributed by atoms with E-state index in [1.165, 1.54) is 0 Å². The number of nitrogens with zero attached hydrogens (tertiary/aromatic N) is 1. The predicted octanol–water partition coefficient (Wildman–Crippen LogP) is 3.46. The highest BCUT2D eigenvalue weighted by Crippen LogP contribution is 2.27. The normalized spacial score (nSPS) is 16.3. The topological polar surface area (TPSA) is 74.4 Å². The zero-order valence-corrected chi connectivity index (χ0v) is 17.2. The maximum Gasteiger partial charge on any atom is 0.270 e. The molecule has 28 heavy (non-hydrogen) atoms. The van der Waals surface area contributed by atoms with Crippen LogP contribution in [0.25, 0.3) is 10.9 Å². The van der Waals surface area contributed by atoms with Gasteiger partial charge in [0.2, 0.25) is 5.91 Å². The molecule has 1 aliphatic heterocycles. The second kappa shape index (κ2) is 9.43. The first-order chi connectivity index (χ1) is 13.5. The molecule has 2 aromatic rings. The molecule has 3 rings (SSSR count). The van der Waals surface area contributed by atoms with Crippen LogP contribution in [-0.4, -0.2) is 55.0 Å². The van der Waals surface area contributed by atoms with Crippen molar-refractivity contribution in [1.82, 2.24) is 15.2 Å². The highest BCUT2D eigenvalue weighted by molar-refractivity contribution is 6.31. The molecule has 1 saturated heterocycles. The number of likely N-dealkylation sites (tertiary alicyclic amines) is 1. The molecule has 0 saturated carbocycles. The Bertz CT molecular complexity index is 827. The Morgan fingerprint density at radius 3 is 2.79 bits per heavy atom. The van der Waals surface area contributed by atoms with E-state index >= 15 is 0 Å². The first-order valence-corrected chi connectivity index (χ1v) is 10.2. The lowest BCUT2D eigenvalue weighted by Gasteiger charge is -2.34. The van der Waals surface area contributed by atoms with Crippen molar-refractivity contribution in [3.05, 3.63) is 35.0 Å². The van der Waals surface area contributed by atoms with Gasteiger partial charge < -0.3 is 19.9 Å². The number of piperidine rings is 1. The Morgan fingerprint density at radius 2 is 2.07 bits per heavy atom. The molecular formula is C21H28ClN3O3. The number of H-pyrrole nitrogens is 1. The molecule has 2 amide bonds. The van der Waals surface area contributed by atoms with Gasteiger partial charge in [0.1, 0.15) is 5.69 Å². The van der Waals surface area contributed by atoms with E-state index in [0.717, 1.165) is 30.2 Å². The summed E-state index contributed by atoms with van der Waals surface area (Å²) in [5, 5.41) is 4.57. The van der Waals surface area contributed by atoms with Gasteiger partial charge in [0, 0.05) is 55.2 Å². The highest BCUT2D eigenvalue weighted by Gasteiger charge is 2.30. The third kappa shape index (κ3) is 4.86. The van der Waals surface area contributed by atoms with Crippen LogP contribution in [-0.2, 0) is 9.53 Å². The third-order valence-corrected chi connectivity index (χ3v) is 5.82. The van der Waals surface area contributed by atoms with Crippen molar-refractivity contribution in [2.45, 2.75) is 26.2 Å². The number of aromatic amines is 1. The van der Waals surface area contributed by atoms with Crippen molar-refractivity contribution in [1.29, 1.82) is 0 Å². The minimum Gasteiger partial charge on any atom is -0.385 e. The second-order valence-corrected chi connectivity index (χ2v) is 7.91. The van der Waals surface area contributed by atoms with Gasteiger partial charge in [-0.3, -0.25) is 9.59 Å². The first kappa shape index (κ1) is 20.7. The van der Waals surface area contributed by atoms with Gasteiger partial charge in [-0.05, 0) is 49.4 Å². The molecule has 1 atom stereocenters. The number of hydrogen-bond donors (Lipinski definition) is 2. The molecule has 1 aromatic heterocycles. The van der Waals surface area contributed by atoms with Gasteiger partial charge in [-0.1, -0.05) is 18.5 Å². The zero-order chi connectivity index (χ0) is 20.1. The number of fused-ring (bicyclic) bond motifs is 1. The lowest BCUT2D eigenvalue weighted by Crippen LogP contribution is -2.43. The summed E-state index contributed by atoms with van der Waals surface area (Å²) >= 11 is 6.03. The van der Waals surface area contributed by atoms with Crippen molar-refractivity contribution < 1.29 is 14.3 Å². The Kier molecular flexibility index (Phi) is 6.97. The Hall–Kier alpha value is -2.05. The number of ether oxygens (including phenoxy) is 1. The Morgan fingerprint density at radius 1 is 1.32 bits per heavy atom. The van der Waals surface area contributed by atoms with Gasteiger partial charge in [0.05, 0.1) is 0 Å². The number of hydrogen-bond acceptors (Lipinski definition) is 3. The monoisotopic (exact) mass is 405 g/mol. The van der Waals surface area contributed by atoms with Gasteiger partial charge in [0.15, 0.2) is 0 Å². The molecule has 2 heterocycles.